The average Bonchev–Trinajstić information content (AvgIpc) is 2.52. The Hall–Kier alpha value is -0.610. The van der Waals surface area contributed by atoms with Gasteiger partial charge in [0.1, 0.15) is 0 Å². The molecule has 146 valence electrons. The average molecular weight is 347 g/mol. The number of carboxylic acid groups (broad SMARTS) is 1. The molecule has 0 spiro atoms. The SMILES string of the molecule is CC(O)C(C)O.CCCCCCCCCCCCCCCC(=O)O. The summed E-state index contributed by atoms with van der Waals surface area (Å²) in [7, 11) is 0. The smallest absolute Gasteiger partial charge is 0.303 e. The Morgan fingerprint density at radius 1 is 0.667 bits per heavy atom. The lowest BCUT2D eigenvalue weighted by Crippen LogP contribution is -2.17. The zero-order chi connectivity index (χ0) is 18.6. The third-order valence-corrected chi connectivity index (χ3v) is 4.19. The van der Waals surface area contributed by atoms with E-state index >= 15 is 0 Å². The van der Waals surface area contributed by atoms with Gasteiger partial charge in [0.25, 0.3) is 0 Å². The van der Waals surface area contributed by atoms with E-state index in [2.05, 4.69) is 6.92 Å². The Morgan fingerprint density at radius 3 is 1.21 bits per heavy atom. The van der Waals surface area contributed by atoms with E-state index in [9.17, 15) is 4.79 Å². The van der Waals surface area contributed by atoms with Crippen molar-refractivity contribution in [2.75, 3.05) is 0 Å². The number of rotatable bonds is 15. The molecule has 0 saturated carbocycles. The number of hydrogen-bond donors (Lipinski definition) is 3. The van der Waals surface area contributed by atoms with Crippen molar-refractivity contribution >= 4 is 5.97 Å². The second-order valence-electron chi connectivity index (χ2n) is 6.87. The molecule has 0 aliphatic rings. The predicted molar refractivity (Wildman–Crippen MR) is 101 cm³/mol. The molecule has 0 rings (SSSR count). The van der Waals surface area contributed by atoms with Crippen molar-refractivity contribution in [1.82, 2.24) is 0 Å². The molecule has 0 aromatic carbocycles. The minimum absolute atomic E-state index is 0.345. The molecule has 2 atom stereocenters. The van der Waals surface area contributed by atoms with E-state index in [0.29, 0.717) is 6.42 Å². The third-order valence-electron chi connectivity index (χ3n) is 4.19. The number of aliphatic hydroxyl groups is 2. The van der Waals surface area contributed by atoms with Crippen LogP contribution in [0.4, 0.5) is 0 Å². The van der Waals surface area contributed by atoms with Gasteiger partial charge in [-0.05, 0) is 20.3 Å². The van der Waals surface area contributed by atoms with E-state index in [0.717, 1.165) is 12.8 Å². The summed E-state index contributed by atoms with van der Waals surface area (Å²) < 4.78 is 0. The quantitative estimate of drug-likeness (QED) is 0.352. The molecule has 0 saturated heterocycles. The number of unbranched alkanes of at least 4 members (excludes halogenated alkanes) is 12. The van der Waals surface area contributed by atoms with Gasteiger partial charge in [0.05, 0.1) is 12.2 Å². The second-order valence-corrected chi connectivity index (χ2v) is 6.87. The van der Waals surface area contributed by atoms with Crippen LogP contribution in [-0.4, -0.2) is 33.5 Å². The van der Waals surface area contributed by atoms with Gasteiger partial charge in [0, 0.05) is 6.42 Å². The van der Waals surface area contributed by atoms with E-state index in [1.54, 1.807) is 13.8 Å². The maximum absolute atomic E-state index is 10.3. The maximum atomic E-state index is 10.3. The normalized spacial score (nSPS) is 13.0. The number of carbonyl (C=O) groups is 1. The highest BCUT2D eigenvalue weighted by Crippen LogP contribution is 2.12. The van der Waals surface area contributed by atoms with Crippen LogP contribution < -0.4 is 0 Å². The Balaban J connectivity index is 0. The fourth-order valence-electron chi connectivity index (χ4n) is 2.29. The molecule has 3 N–H and O–H groups in total. The van der Waals surface area contributed by atoms with Gasteiger partial charge in [0.2, 0.25) is 0 Å². The van der Waals surface area contributed by atoms with E-state index in [4.69, 9.17) is 15.3 Å². The van der Waals surface area contributed by atoms with E-state index in [1.807, 2.05) is 0 Å². The third kappa shape index (κ3) is 26.3. The van der Waals surface area contributed by atoms with E-state index in [1.165, 1.54) is 70.6 Å². The van der Waals surface area contributed by atoms with Crippen LogP contribution in [0.5, 0.6) is 0 Å². The van der Waals surface area contributed by atoms with Crippen molar-refractivity contribution in [3.8, 4) is 0 Å². The van der Waals surface area contributed by atoms with Gasteiger partial charge in [-0.1, -0.05) is 84.0 Å². The van der Waals surface area contributed by atoms with E-state index in [-0.39, 0.29) is 0 Å². The van der Waals surface area contributed by atoms with E-state index < -0.39 is 18.2 Å². The van der Waals surface area contributed by atoms with Crippen molar-refractivity contribution in [2.24, 2.45) is 0 Å². The van der Waals surface area contributed by atoms with Crippen molar-refractivity contribution in [3.63, 3.8) is 0 Å². The number of carboxylic acids is 1. The number of hydrogen-bond acceptors (Lipinski definition) is 3. The number of aliphatic hydroxyl groups excluding tert-OH is 2. The molecule has 0 radical (unpaired) electrons. The van der Waals surface area contributed by atoms with Crippen LogP contribution in [0.2, 0.25) is 0 Å². The standard InChI is InChI=1S/C16H32O2.C4H10O2/c1-2-3-4-5-6-7-8-9-10-11-12-13-14-15-16(17)18;1-3(5)4(2)6/h2-15H2,1H3,(H,17,18);3-6H,1-2H3. The van der Waals surface area contributed by atoms with Crippen LogP contribution in [0, 0.1) is 0 Å². The van der Waals surface area contributed by atoms with Crippen LogP contribution >= 0.6 is 0 Å². The molecule has 4 nitrogen and oxygen atoms in total. The van der Waals surface area contributed by atoms with Crippen LogP contribution in [-0.2, 0) is 4.79 Å². The fraction of sp³-hybridized carbons (Fsp3) is 0.950. The second kappa shape index (κ2) is 20.4. The van der Waals surface area contributed by atoms with Gasteiger partial charge < -0.3 is 15.3 Å². The topological polar surface area (TPSA) is 77.8 Å². The Kier molecular flexibility index (Phi) is 21.8. The van der Waals surface area contributed by atoms with Crippen molar-refractivity contribution in [1.29, 1.82) is 0 Å². The summed E-state index contributed by atoms with van der Waals surface area (Å²) in [5, 5.41) is 25.2. The summed E-state index contributed by atoms with van der Waals surface area (Å²) in [6.45, 7) is 5.35. The fourth-order valence-corrected chi connectivity index (χ4v) is 2.29. The molecule has 0 aromatic rings. The monoisotopic (exact) mass is 346 g/mol. The van der Waals surface area contributed by atoms with Gasteiger partial charge in [-0.3, -0.25) is 4.79 Å². The predicted octanol–water partition coefficient (Wildman–Crippen LogP) is 5.30. The lowest BCUT2D eigenvalue weighted by atomic mass is 10.0. The first-order chi connectivity index (χ1) is 11.4. The molecule has 0 aliphatic carbocycles. The molecule has 2 unspecified atom stereocenters. The molecular weight excluding hydrogens is 304 g/mol. The van der Waals surface area contributed by atoms with Crippen LogP contribution in [0.15, 0.2) is 0 Å². The minimum Gasteiger partial charge on any atom is -0.481 e. The summed E-state index contributed by atoms with van der Waals surface area (Å²) in [6, 6.07) is 0. The highest BCUT2D eigenvalue weighted by Gasteiger charge is 1.99. The van der Waals surface area contributed by atoms with Gasteiger partial charge in [-0.2, -0.15) is 0 Å². The maximum Gasteiger partial charge on any atom is 0.303 e. The van der Waals surface area contributed by atoms with Crippen molar-refractivity contribution in [2.45, 2.75) is 123 Å². The molecule has 0 aliphatic heterocycles. The van der Waals surface area contributed by atoms with Crippen molar-refractivity contribution < 1.29 is 20.1 Å². The highest BCUT2D eigenvalue weighted by atomic mass is 16.4. The summed E-state index contributed by atoms with van der Waals surface area (Å²) in [6.07, 6.45) is 16.1. The largest absolute Gasteiger partial charge is 0.481 e. The lowest BCUT2D eigenvalue weighted by molar-refractivity contribution is -0.137. The zero-order valence-electron chi connectivity index (χ0n) is 16.3. The van der Waals surface area contributed by atoms with Crippen molar-refractivity contribution in [3.05, 3.63) is 0 Å². The molecule has 0 amide bonds. The van der Waals surface area contributed by atoms with Gasteiger partial charge in [-0.25, -0.2) is 0 Å². The first-order valence-electron chi connectivity index (χ1n) is 9.99. The summed E-state index contributed by atoms with van der Waals surface area (Å²) >= 11 is 0. The van der Waals surface area contributed by atoms with Crippen LogP contribution in [0.25, 0.3) is 0 Å². The lowest BCUT2D eigenvalue weighted by Gasteiger charge is -2.03. The van der Waals surface area contributed by atoms with Crippen LogP contribution in [0.3, 0.4) is 0 Å². The first-order valence-corrected chi connectivity index (χ1v) is 9.99. The number of aliphatic carboxylic acids is 1. The first kappa shape index (κ1) is 25.6. The zero-order valence-corrected chi connectivity index (χ0v) is 16.3. The molecular formula is C20H42O4. The summed E-state index contributed by atoms with van der Waals surface area (Å²) in [5.74, 6) is -0.655. The molecule has 0 heterocycles. The summed E-state index contributed by atoms with van der Waals surface area (Å²) in [4.78, 5) is 10.3. The molecule has 4 heteroatoms. The summed E-state index contributed by atoms with van der Waals surface area (Å²) in [5.41, 5.74) is 0. The molecule has 24 heavy (non-hydrogen) atoms. The Bertz CT molecular complexity index is 246. The minimum atomic E-state index is -0.655. The highest BCUT2D eigenvalue weighted by molar-refractivity contribution is 5.66. The van der Waals surface area contributed by atoms with Crippen LogP contribution in [0.1, 0.15) is 111 Å². The molecule has 0 aromatic heterocycles. The molecule has 0 fully saturated rings. The molecule has 0 bridgehead atoms. The Morgan fingerprint density at radius 2 is 0.958 bits per heavy atom. The van der Waals surface area contributed by atoms with Gasteiger partial charge in [-0.15, -0.1) is 0 Å². The van der Waals surface area contributed by atoms with Gasteiger partial charge in [0.15, 0.2) is 0 Å². The van der Waals surface area contributed by atoms with Gasteiger partial charge >= 0.3 is 5.97 Å². The Labute approximate surface area is 149 Å².